The molecule has 0 spiro atoms. The third-order valence-electron chi connectivity index (χ3n) is 6.11. The molecule has 0 saturated heterocycles. The molecule has 190 valence electrons. The molecule has 0 radical (unpaired) electrons. The molecule has 0 aliphatic heterocycles. The molecular formula is C25H51NO5Si. The molecule has 32 heavy (non-hydrogen) atoms. The van der Waals surface area contributed by atoms with Crippen LogP contribution >= 0.6 is 0 Å². The van der Waals surface area contributed by atoms with Crippen LogP contribution in [0.15, 0.2) is 0 Å². The lowest BCUT2D eigenvalue weighted by Crippen LogP contribution is -2.42. The summed E-state index contributed by atoms with van der Waals surface area (Å²) in [5.41, 5.74) is 0. The lowest BCUT2D eigenvalue weighted by atomic mass is 10.0. The van der Waals surface area contributed by atoms with Crippen molar-refractivity contribution < 1.29 is 22.9 Å². The van der Waals surface area contributed by atoms with E-state index in [9.17, 15) is 9.59 Å². The fraction of sp³-hybridized carbons (Fsp3) is 0.920. The summed E-state index contributed by atoms with van der Waals surface area (Å²) in [5, 5.41) is 2.76. The lowest BCUT2D eigenvalue weighted by molar-refractivity contribution is -0.125. The summed E-state index contributed by atoms with van der Waals surface area (Å²) < 4.78 is 16.1. The first-order valence-electron chi connectivity index (χ1n) is 13.0. The minimum atomic E-state index is -2.55. The van der Waals surface area contributed by atoms with E-state index in [1.54, 1.807) is 21.3 Å². The standard InChI is InChI=1S/C25H51NO5Si/c1-5-6-7-8-9-10-11-12-13-14-15-16-17-21-25(28)26-23-24(27)20-18-19-22-32(29-2,30-3)31-4/h5-23H2,1-4H3,(H,26,28). The van der Waals surface area contributed by atoms with Crippen molar-refractivity contribution in [2.24, 2.45) is 0 Å². The van der Waals surface area contributed by atoms with Gasteiger partial charge in [-0.15, -0.1) is 0 Å². The first-order chi connectivity index (χ1) is 15.5. The van der Waals surface area contributed by atoms with Gasteiger partial charge in [0.25, 0.3) is 0 Å². The summed E-state index contributed by atoms with van der Waals surface area (Å²) in [6, 6.07) is 0.690. The van der Waals surface area contributed by atoms with Crippen LogP contribution in [0, 0.1) is 0 Å². The summed E-state index contributed by atoms with van der Waals surface area (Å²) in [6.45, 7) is 2.40. The van der Waals surface area contributed by atoms with Gasteiger partial charge in [-0.3, -0.25) is 9.59 Å². The zero-order chi connectivity index (χ0) is 23.9. The van der Waals surface area contributed by atoms with Gasteiger partial charge in [-0.2, -0.15) is 0 Å². The monoisotopic (exact) mass is 473 g/mol. The number of amides is 1. The summed E-state index contributed by atoms with van der Waals surface area (Å²) in [7, 11) is 2.24. The summed E-state index contributed by atoms with van der Waals surface area (Å²) in [6.07, 6.45) is 19.4. The van der Waals surface area contributed by atoms with Gasteiger partial charge in [-0.05, 0) is 19.3 Å². The number of ketones is 1. The number of carbonyl (C=O) groups excluding carboxylic acids is 2. The first-order valence-corrected chi connectivity index (χ1v) is 14.9. The number of nitrogens with one attached hydrogen (secondary N) is 1. The highest BCUT2D eigenvalue weighted by molar-refractivity contribution is 6.60. The van der Waals surface area contributed by atoms with Crippen LogP contribution in [0.5, 0.6) is 0 Å². The average Bonchev–Trinajstić information content (AvgIpc) is 2.81. The topological polar surface area (TPSA) is 73.9 Å². The Bertz CT molecular complexity index is 449. The number of carbonyl (C=O) groups is 2. The molecule has 0 aliphatic carbocycles. The molecule has 1 N–H and O–H groups in total. The second-order valence-corrected chi connectivity index (χ2v) is 11.9. The van der Waals surface area contributed by atoms with Crippen LogP contribution in [-0.2, 0) is 22.9 Å². The zero-order valence-corrected chi connectivity index (χ0v) is 22.5. The third kappa shape index (κ3) is 17.8. The van der Waals surface area contributed by atoms with Crippen LogP contribution in [0.4, 0.5) is 0 Å². The molecule has 0 bridgehead atoms. The van der Waals surface area contributed by atoms with E-state index in [0.29, 0.717) is 18.9 Å². The number of unbranched alkanes of at least 4 members (excludes halogenated alkanes) is 13. The SMILES string of the molecule is CCCCCCCCCCCCCCCC(=O)NCC(=O)CCCC[Si](OC)(OC)OC. The van der Waals surface area contributed by atoms with Gasteiger partial charge in [0.05, 0.1) is 6.54 Å². The normalized spacial score (nSPS) is 11.6. The lowest BCUT2D eigenvalue weighted by Gasteiger charge is -2.24. The molecule has 0 aromatic rings. The predicted molar refractivity (Wildman–Crippen MR) is 134 cm³/mol. The quantitative estimate of drug-likeness (QED) is 0.133. The van der Waals surface area contributed by atoms with Gasteiger partial charge in [0, 0.05) is 40.2 Å². The summed E-state index contributed by atoms with van der Waals surface area (Å²) in [5.74, 6) is 0.0641. The molecule has 0 fully saturated rings. The maximum absolute atomic E-state index is 12.0. The van der Waals surface area contributed by atoms with Crippen molar-refractivity contribution in [2.45, 2.75) is 122 Å². The average molecular weight is 474 g/mol. The van der Waals surface area contributed by atoms with Crippen molar-refractivity contribution in [3.8, 4) is 0 Å². The summed E-state index contributed by atoms with van der Waals surface area (Å²) in [4.78, 5) is 23.9. The second-order valence-electron chi connectivity index (χ2n) is 8.81. The van der Waals surface area contributed by atoms with Gasteiger partial charge in [-0.25, -0.2) is 0 Å². The molecule has 0 aromatic heterocycles. The Morgan fingerprint density at radius 2 is 1.06 bits per heavy atom. The molecule has 0 aliphatic rings. The van der Waals surface area contributed by atoms with Crippen molar-refractivity contribution in [3.63, 3.8) is 0 Å². The Morgan fingerprint density at radius 1 is 0.625 bits per heavy atom. The maximum Gasteiger partial charge on any atom is 0.500 e. The Kier molecular flexibility index (Phi) is 21.5. The number of hydrogen-bond acceptors (Lipinski definition) is 5. The van der Waals surface area contributed by atoms with E-state index in [1.165, 1.54) is 70.6 Å². The maximum atomic E-state index is 12.0. The molecule has 0 heterocycles. The minimum Gasteiger partial charge on any atom is -0.377 e. The van der Waals surface area contributed by atoms with E-state index >= 15 is 0 Å². The number of rotatable bonds is 24. The molecule has 1 amide bonds. The molecule has 0 aromatic carbocycles. The predicted octanol–water partition coefficient (Wildman–Crippen LogP) is 6.20. The molecule has 0 unspecified atom stereocenters. The number of Topliss-reactive ketones (excluding diaryl/α,β-unsaturated/α-hetero) is 1. The van der Waals surface area contributed by atoms with Crippen LogP contribution in [-0.4, -0.2) is 48.4 Å². The smallest absolute Gasteiger partial charge is 0.377 e. The van der Waals surface area contributed by atoms with Crippen molar-refractivity contribution in [1.29, 1.82) is 0 Å². The van der Waals surface area contributed by atoms with Crippen molar-refractivity contribution in [1.82, 2.24) is 5.32 Å². The Labute approximate surface area is 198 Å². The van der Waals surface area contributed by atoms with Gasteiger partial charge in [0.15, 0.2) is 5.78 Å². The third-order valence-corrected chi connectivity index (χ3v) is 8.94. The molecule has 0 saturated carbocycles. The second kappa shape index (κ2) is 22.1. The van der Waals surface area contributed by atoms with Gasteiger partial charge in [-0.1, -0.05) is 84.0 Å². The fourth-order valence-corrected chi connectivity index (χ4v) is 5.69. The van der Waals surface area contributed by atoms with Gasteiger partial charge in [0.2, 0.25) is 5.91 Å². The fourth-order valence-electron chi connectivity index (χ4n) is 3.90. The molecule has 0 atom stereocenters. The van der Waals surface area contributed by atoms with Crippen LogP contribution in [0.3, 0.4) is 0 Å². The number of hydrogen-bond donors (Lipinski definition) is 1. The highest BCUT2D eigenvalue weighted by Gasteiger charge is 2.36. The molecule has 7 heteroatoms. The first kappa shape index (κ1) is 31.2. The summed E-state index contributed by atoms with van der Waals surface area (Å²) >= 11 is 0. The van der Waals surface area contributed by atoms with E-state index in [-0.39, 0.29) is 18.2 Å². The highest BCUT2D eigenvalue weighted by Crippen LogP contribution is 2.17. The van der Waals surface area contributed by atoms with Crippen molar-refractivity contribution in [2.75, 3.05) is 27.9 Å². The van der Waals surface area contributed by atoms with Crippen LogP contribution in [0.2, 0.25) is 6.04 Å². The van der Waals surface area contributed by atoms with Gasteiger partial charge in [0.1, 0.15) is 0 Å². The Hall–Kier alpha value is -0.763. The van der Waals surface area contributed by atoms with Gasteiger partial charge < -0.3 is 18.6 Å². The van der Waals surface area contributed by atoms with Crippen LogP contribution < -0.4 is 5.32 Å². The molecule has 0 rings (SSSR count). The zero-order valence-electron chi connectivity index (χ0n) is 21.5. The van der Waals surface area contributed by atoms with E-state index in [1.807, 2.05) is 0 Å². The van der Waals surface area contributed by atoms with Crippen LogP contribution in [0.25, 0.3) is 0 Å². The molecular weight excluding hydrogens is 422 g/mol. The van der Waals surface area contributed by atoms with E-state index in [2.05, 4.69) is 12.2 Å². The van der Waals surface area contributed by atoms with E-state index < -0.39 is 8.80 Å². The van der Waals surface area contributed by atoms with Crippen molar-refractivity contribution >= 4 is 20.5 Å². The Balaban J connectivity index is 3.49. The van der Waals surface area contributed by atoms with E-state index in [4.69, 9.17) is 13.3 Å². The Morgan fingerprint density at radius 3 is 1.53 bits per heavy atom. The largest absolute Gasteiger partial charge is 0.500 e. The van der Waals surface area contributed by atoms with Gasteiger partial charge >= 0.3 is 8.80 Å². The van der Waals surface area contributed by atoms with Crippen molar-refractivity contribution in [3.05, 3.63) is 0 Å². The van der Waals surface area contributed by atoms with Crippen LogP contribution in [0.1, 0.15) is 116 Å². The molecule has 6 nitrogen and oxygen atoms in total. The highest BCUT2D eigenvalue weighted by atomic mass is 28.4. The minimum absolute atomic E-state index is 0.00834. The van der Waals surface area contributed by atoms with E-state index in [0.717, 1.165) is 25.7 Å².